The largest absolute Gasteiger partial charge is 0.472 e. The van der Waals surface area contributed by atoms with Crippen LogP contribution in [0.4, 0.5) is 0 Å². The van der Waals surface area contributed by atoms with E-state index in [9.17, 15) is 19.0 Å². The Morgan fingerprint density at radius 1 is 0.902 bits per heavy atom. The molecule has 0 bridgehead atoms. The first-order chi connectivity index (χ1) is 28.8. The van der Waals surface area contributed by atoms with E-state index in [-0.39, 0.29) is 53.7 Å². The summed E-state index contributed by atoms with van der Waals surface area (Å²) >= 11 is 0. The van der Waals surface area contributed by atoms with E-state index in [1.807, 2.05) is 13.8 Å². The molecule has 5 fully saturated rings. The van der Waals surface area contributed by atoms with Crippen LogP contribution in [0.5, 0.6) is 0 Å². The average molecular weight is 869 g/mol. The summed E-state index contributed by atoms with van der Waals surface area (Å²) in [5.41, 5.74) is 1.94. The maximum absolute atomic E-state index is 13.7. The van der Waals surface area contributed by atoms with Crippen molar-refractivity contribution < 1.29 is 37.6 Å². The molecule has 0 spiro atoms. The zero-order valence-electron chi connectivity index (χ0n) is 39.8. The number of hydrogen-bond acceptors (Lipinski definition) is 7. The molecular weight excluding hydrogens is 784 g/mol. The van der Waals surface area contributed by atoms with E-state index >= 15 is 0 Å². The van der Waals surface area contributed by atoms with Crippen LogP contribution in [0.15, 0.2) is 23.8 Å². The van der Waals surface area contributed by atoms with Gasteiger partial charge in [0.2, 0.25) is 0 Å². The van der Waals surface area contributed by atoms with Gasteiger partial charge in [-0.15, -0.1) is 0 Å². The number of fused-ring (bicyclic) bond motifs is 6. The molecule has 0 radical (unpaired) electrons. The number of rotatable bonds is 15. The molecule has 7 rings (SSSR count). The summed E-state index contributed by atoms with van der Waals surface area (Å²) < 4.78 is 37.7. The highest BCUT2D eigenvalue weighted by molar-refractivity contribution is 7.47. The topological polar surface area (TPSA) is 108 Å². The van der Waals surface area contributed by atoms with Crippen LogP contribution in [0.3, 0.4) is 0 Å². The molecule has 4 unspecified atom stereocenters. The fraction of sp³-hybridized carbons (Fsp3) is 0.885. The summed E-state index contributed by atoms with van der Waals surface area (Å²) in [6.45, 7) is 23.3. The molecule has 346 valence electrons. The average Bonchev–Trinajstić information content (AvgIpc) is 3.56. The van der Waals surface area contributed by atoms with Crippen molar-refractivity contribution in [3.8, 4) is 0 Å². The summed E-state index contributed by atoms with van der Waals surface area (Å²) in [5, 5.41) is 0. The van der Waals surface area contributed by atoms with E-state index in [2.05, 4.69) is 73.6 Å². The fourth-order valence-electron chi connectivity index (χ4n) is 14.9. The quantitative estimate of drug-likeness (QED) is 0.128. The van der Waals surface area contributed by atoms with Crippen molar-refractivity contribution in [1.29, 1.82) is 0 Å². The lowest BCUT2D eigenvalue weighted by molar-refractivity contribution is -0.162. The van der Waals surface area contributed by atoms with E-state index in [4.69, 9.17) is 18.5 Å². The van der Waals surface area contributed by atoms with Gasteiger partial charge >= 0.3 is 19.8 Å². The Morgan fingerprint density at radius 2 is 1.62 bits per heavy atom. The van der Waals surface area contributed by atoms with Crippen molar-refractivity contribution in [1.82, 2.24) is 0 Å². The predicted molar refractivity (Wildman–Crippen MR) is 242 cm³/mol. The van der Waals surface area contributed by atoms with E-state index in [1.54, 1.807) is 0 Å². The van der Waals surface area contributed by atoms with Crippen molar-refractivity contribution in [3.05, 3.63) is 23.8 Å². The maximum Gasteiger partial charge on any atom is 0.472 e. The van der Waals surface area contributed by atoms with Gasteiger partial charge in [-0.2, -0.15) is 0 Å². The van der Waals surface area contributed by atoms with E-state index in [0.717, 1.165) is 80.0 Å². The van der Waals surface area contributed by atoms with Gasteiger partial charge in [-0.25, -0.2) is 4.57 Å². The lowest BCUT2D eigenvalue weighted by atomic mass is 9.44. The van der Waals surface area contributed by atoms with Gasteiger partial charge in [0.05, 0.1) is 24.5 Å². The fourth-order valence-corrected chi connectivity index (χ4v) is 16.0. The third kappa shape index (κ3) is 10.2. The minimum absolute atomic E-state index is 0.0563. The number of hydrogen-bond donors (Lipinski definition) is 1. The summed E-state index contributed by atoms with van der Waals surface area (Å²) in [4.78, 5) is 37.1. The van der Waals surface area contributed by atoms with Gasteiger partial charge < -0.3 is 14.4 Å². The van der Waals surface area contributed by atoms with Crippen LogP contribution >= 0.6 is 7.82 Å². The lowest BCUT2D eigenvalue weighted by Crippen LogP contribution is -2.54. The molecule has 61 heavy (non-hydrogen) atoms. The Hall–Kier alpha value is -1.47. The first-order valence-corrected chi connectivity index (χ1v) is 26.8. The molecule has 0 aromatic carbocycles. The number of phosphoric acid groups is 1. The summed E-state index contributed by atoms with van der Waals surface area (Å²) in [6, 6.07) is 0. The number of carbonyl (C=O) groups is 2. The third-order valence-electron chi connectivity index (χ3n) is 19.1. The molecule has 1 aliphatic heterocycles. The van der Waals surface area contributed by atoms with Gasteiger partial charge in [-0.05, 0) is 165 Å². The lowest BCUT2D eigenvalue weighted by Gasteiger charge is -2.61. The second kappa shape index (κ2) is 19.2. The van der Waals surface area contributed by atoms with Crippen LogP contribution in [0.2, 0.25) is 0 Å². The number of esters is 2. The zero-order chi connectivity index (χ0) is 44.0. The van der Waals surface area contributed by atoms with Crippen LogP contribution in [-0.2, 0) is 32.7 Å². The minimum atomic E-state index is -4.43. The molecule has 1 heterocycles. The SMILES string of the molecule is CC[C@H](C)C(=O)O[C@H]1C[C@@H](C)C=C2C=C[C@H](C)[C@H](CC[C@@H]3CC(OP(=O)(O)OC4CC[C@@]5(C)[C@@H](CC[C@@H]6[C@@H]5CC[C@]5(C)C([C@H](C)CC[C@@H](C)C(C)C)CC[C@@H]65)C4)CC(=O)O3)[C@H]21. The molecule has 6 aliphatic carbocycles. The monoisotopic (exact) mass is 869 g/mol. The van der Waals surface area contributed by atoms with Crippen LogP contribution < -0.4 is 0 Å². The highest BCUT2D eigenvalue weighted by Crippen LogP contribution is 2.69. The van der Waals surface area contributed by atoms with Crippen molar-refractivity contribution >= 4 is 19.8 Å². The second-order valence-electron chi connectivity index (χ2n) is 23.1. The van der Waals surface area contributed by atoms with Gasteiger partial charge in [0, 0.05) is 12.3 Å². The minimum Gasteiger partial charge on any atom is -0.462 e. The van der Waals surface area contributed by atoms with E-state index < -0.39 is 26.0 Å². The van der Waals surface area contributed by atoms with Crippen LogP contribution in [0.1, 0.15) is 178 Å². The van der Waals surface area contributed by atoms with Crippen LogP contribution in [-0.4, -0.2) is 41.2 Å². The Balaban J connectivity index is 0.918. The Bertz CT molecular complexity index is 1660. The number of cyclic esters (lactones) is 1. The van der Waals surface area contributed by atoms with Crippen molar-refractivity contribution in [2.24, 2.45) is 87.8 Å². The van der Waals surface area contributed by atoms with Crippen molar-refractivity contribution in [2.75, 3.05) is 0 Å². The maximum atomic E-state index is 13.7. The van der Waals surface area contributed by atoms with Gasteiger partial charge in [0.25, 0.3) is 0 Å². The Kier molecular flexibility index (Phi) is 14.9. The van der Waals surface area contributed by atoms with Crippen molar-refractivity contribution in [3.63, 3.8) is 0 Å². The first-order valence-electron chi connectivity index (χ1n) is 25.3. The Morgan fingerprint density at radius 3 is 2.36 bits per heavy atom. The highest BCUT2D eigenvalue weighted by Gasteiger charge is 2.61. The van der Waals surface area contributed by atoms with Crippen LogP contribution in [0, 0.1) is 87.8 Å². The molecule has 8 nitrogen and oxygen atoms in total. The van der Waals surface area contributed by atoms with Gasteiger partial charge in [-0.1, -0.05) is 100 Å². The standard InChI is InChI=1S/C52H85O8P/c1-11-33(5)50(54)58-47-27-32(4)26-37-15-14-35(7)42(49(37)47)19-17-39-29-41(30-48(53)57-39)60-61(55,56)59-40-22-24-51(9)38(28-40)16-18-43-45-21-20-44(52(45,10)25-23-46(43)51)36(8)13-12-34(6)31(2)3/h14-15,26,31-36,38-47,49H,11-13,16-25,27-30H2,1-10H3,(H,55,56)/t32-,33-,34+,35-,36+,38-,39+,40?,41?,42-,43-,44?,45-,46-,47-,49-,51-,52+/m0/s1. The zero-order valence-corrected chi connectivity index (χ0v) is 40.7. The molecule has 9 heteroatoms. The normalized spacial score (nSPS) is 43.4. The molecular formula is C52H85O8P. The van der Waals surface area contributed by atoms with Crippen molar-refractivity contribution in [2.45, 2.75) is 203 Å². The molecule has 7 aliphatic rings. The summed E-state index contributed by atoms with van der Waals surface area (Å²) in [5.74, 6) is 6.24. The number of ether oxygens (including phenoxy) is 2. The highest BCUT2D eigenvalue weighted by atomic mass is 31.2. The molecule has 0 amide bonds. The Labute approximate surface area is 370 Å². The van der Waals surface area contributed by atoms with Gasteiger partial charge in [0.15, 0.2) is 0 Å². The number of carbonyl (C=O) groups excluding carboxylic acids is 2. The second-order valence-corrected chi connectivity index (χ2v) is 24.4. The first kappa shape index (κ1) is 47.5. The van der Waals surface area contributed by atoms with E-state index in [1.165, 1.54) is 56.9 Å². The summed E-state index contributed by atoms with van der Waals surface area (Å²) in [7, 11) is -4.43. The molecule has 0 aromatic heterocycles. The van der Waals surface area contributed by atoms with E-state index in [0.29, 0.717) is 30.1 Å². The van der Waals surface area contributed by atoms with Crippen LogP contribution in [0.25, 0.3) is 0 Å². The summed E-state index contributed by atoms with van der Waals surface area (Å²) in [6.07, 6.45) is 21.6. The molecule has 1 saturated heterocycles. The number of phosphoric ester groups is 1. The van der Waals surface area contributed by atoms with Gasteiger partial charge in [0.1, 0.15) is 12.2 Å². The van der Waals surface area contributed by atoms with Gasteiger partial charge in [-0.3, -0.25) is 18.6 Å². The molecule has 19 atom stereocenters. The smallest absolute Gasteiger partial charge is 0.462 e. The number of allylic oxidation sites excluding steroid dienone is 3. The molecule has 0 aromatic rings. The third-order valence-corrected chi connectivity index (χ3v) is 20.2. The predicted octanol–water partition coefficient (Wildman–Crippen LogP) is 13.1. The molecule has 4 saturated carbocycles. The molecule has 1 N–H and O–H groups in total.